The van der Waals surface area contributed by atoms with Gasteiger partial charge in [0.1, 0.15) is 5.78 Å². The molecule has 0 heterocycles. The molecule has 0 spiro atoms. The fourth-order valence-electron chi connectivity index (χ4n) is 3.00. The third-order valence-corrected chi connectivity index (χ3v) is 4.01. The van der Waals surface area contributed by atoms with Gasteiger partial charge in [-0.1, -0.05) is 19.8 Å². The zero-order chi connectivity index (χ0) is 9.26. The van der Waals surface area contributed by atoms with Gasteiger partial charge in [-0.3, -0.25) is 4.79 Å². The highest BCUT2D eigenvalue weighted by Crippen LogP contribution is 2.39. The van der Waals surface area contributed by atoms with Crippen molar-refractivity contribution in [1.29, 1.82) is 0 Å². The number of Topliss-reactive ketones (excluding diaryl/α,β-unsaturated/α-hetero) is 1. The quantitative estimate of drug-likeness (QED) is 0.605. The molecule has 2 aliphatic carbocycles. The first-order valence-corrected chi connectivity index (χ1v) is 5.77. The molecule has 0 aromatic rings. The third-order valence-electron chi connectivity index (χ3n) is 4.01. The van der Waals surface area contributed by atoms with Crippen LogP contribution in [0.3, 0.4) is 0 Å². The Balaban J connectivity index is 1.84. The van der Waals surface area contributed by atoms with Crippen LogP contribution < -0.4 is 0 Å². The summed E-state index contributed by atoms with van der Waals surface area (Å²) in [4.78, 5) is 11.2. The number of rotatable bonds is 1. The third kappa shape index (κ3) is 2.12. The smallest absolute Gasteiger partial charge is 0.133 e. The summed E-state index contributed by atoms with van der Waals surface area (Å²) in [6.07, 6.45) is 8.54. The van der Waals surface area contributed by atoms with Gasteiger partial charge in [0.05, 0.1) is 0 Å². The van der Waals surface area contributed by atoms with Gasteiger partial charge in [-0.05, 0) is 37.0 Å². The lowest BCUT2D eigenvalue weighted by Gasteiger charge is -2.30. The number of ketones is 1. The summed E-state index contributed by atoms with van der Waals surface area (Å²) in [5.74, 6) is 3.11. The van der Waals surface area contributed by atoms with Crippen molar-refractivity contribution in [2.75, 3.05) is 0 Å². The van der Waals surface area contributed by atoms with Crippen molar-refractivity contribution in [3.8, 4) is 0 Å². The molecule has 1 heteroatoms. The van der Waals surface area contributed by atoms with Crippen molar-refractivity contribution in [1.82, 2.24) is 0 Å². The lowest BCUT2D eigenvalue weighted by Crippen LogP contribution is -2.19. The van der Waals surface area contributed by atoms with Crippen molar-refractivity contribution < 1.29 is 4.79 Å². The van der Waals surface area contributed by atoms with Gasteiger partial charge < -0.3 is 0 Å². The summed E-state index contributed by atoms with van der Waals surface area (Å²) < 4.78 is 0. The van der Waals surface area contributed by atoms with E-state index in [4.69, 9.17) is 0 Å². The molecule has 0 saturated heterocycles. The van der Waals surface area contributed by atoms with Crippen LogP contribution in [-0.2, 0) is 4.79 Å². The first-order chi connectivity index (χ1) is 6.25. The van der Waals surface area contributed by atoms with Gasteiger partial charge in [0.2, 0.25) is 0 Å². The number of hydrogen-bond acceptors (Lipinski definition) is 1. The Morgan fingerprint density at radius 1 is 1.00 bits per heavy atom. The van der Waals surface area contributed by atoms with Crippen molar-refractivity contribution in [2.45, 2.75) is 51.9 Å². The zero-order valence-corrected chi connectivity index (χ0v) is 8.59. The summed E-state index contributed by atoms with van der Waals surface area (Å²) in [5.41, 5.74) is 0. The van der Waals surface area contributed by atoms with Crippen LogP contribution in [0.15, 0.2) is 0 Å². The van der Waals surface area contributed by atoms with Gasteiger partial charge in [-0.15, -0.1) is 0 Å². The largest absolute Gasteiger partial charge is 0.300 e. The van der Waals surface area contributed by atoms with Crippen LogP contribution in [0.25, 0.3) is 0 Å². The van der Waals surface area contributed by atoms with E-state index in [1.807, 2.05) is 0 Å². The average molecular weight is 180 g/mol. The van der Waals surface area contributed by atoms with Gasteiger partial charge in [0, 0.05) is 12.8 Å². The second kappa shape index (κ2) is 3.81. The van der Waals surface area contributed by atoms with E-state index in [0.717, 1.165) is 30.6 Å². The van der Waals surface area contributed by atoms with Crippen molar-refractivity contribution in [3.63, 3.8) is 0 Å². The molecule has 0 N–H and O–H groups in total. The summed E-state index contributed by atoms with van der Waals surface area (Å²) in [6.45, 7) is 2.36. The molecule has 0 amide bonds. The molecule has 0 bridgehead atoms. The SMILES string of the molecule is CC1CCC(C2CCC(=O)C2)CC1. The van der Waals surface area contributed by atoms with E-state index in [9.17, 15) is 4.79 Å². The van der Waals surface area contributed by atoms with Crippen LogP contribution in [0.1, 0.15) is 51.9 Å². The van der Waals surface area contributed by atoms with Crippen LogP contribution in [0.4, 0.5) is 0 Å². The lowest BCUT2D eigenvalue weighted by atomic mass is 9.76. The first-order valence-electron chi connectivity index (χ1n) is 5.77. The monoisotopic (exact) mass is 180 g/mol. The van der Waals surface area contributed by atoms with Crippen molar-refractivity contribution in [3.05, 3.63) is 0 Å². The van der Waals surface area contributed by atoms with Crippen molar-refractivity contribution >= 4 is 5.78 Å². The van der Waals surface area contributed by atoms with E-state index in [0.29, 0.717) is 5.78 Å². The normalized spacial score (nSPS) is 41.0. The highest BCUT2D eigenvalue weighted by molar-refractivity contribution is 5.80. The Morgan fingerprint density at radius 3 is 2.23 bits per heavy atom. The van der Waals surface area contributed by atoms with Crippen LogP contribution >= 0.6 is 0 Å². The Morgan fingerprint density at radius 2 is 1.69 bits per heavy atom. The molecular formula is C12H20O. The van der Waals surface area contributed by atoms with Gasteiger partial charge in [0.25, 0.3) is 0 Å². The predicted molar refractivity (Wildman–Crippen MR) is 53.5 cm³/mol. The fraction of sp³-hybridized carbons (Fsp3) is 0.917. The maximum absolute atomic E-state index is 11.2. The Labute approximate surface area is 80.9 Å². The molecule has 0 aromatic carbocycles. The molecule has 1 atom stereocenters. The molecule has 1 unspecified atom stereocenters. The topological polar surface area (TPSA) is 17.1 Å². The van der Waals surface area contributed by atoms with E-state index >= 15 is 0 Å². The standard InChI is InChI=1S/C12H20O/c1-9-2-4-10(5-3-9)11-6-7-12(13)8-11/h9-11H,2-8H2,1H3. The minimum Gasteiger partial charge on any atom is -0.300 e. The van der Waals surface area contributed by atoms with Gasteiger partial charge in [0.15, 0.2) is 0 Å². The minimum atomic E-state index is 0.517. The van der Waals surface area contributed by atoms with E-state index in [1.165, 1.54) is 32.1 Å². The van der Waals surface area contributed by atoms with Gasteiger partial charge in [-0.25, -0.2) is 0 Å². The lowest BCUT2D eigenvalue weighted by molar-refractivity contribution is -0.117. The summed E-state index contributed by atoms with van der Waals surface area (Å²) in [5, 5.41) is 0. The molecule has 2 rings (SSSR count). The van der Waals surface area contributed by atoms with Crippen LogP contribution in [0.5, 0.6) is 0 Å². The first kappa shape index (κ1) is 9.23. The molecule has 2 saturated carbocycles. The maximum atomic E-state index is 11.2. The van der Waals surface area contributed by atoms with E-state index < -0.39 is 0 Å². The average Bonchev–Trinajstić information content (AvgIpc) is 2.53. The number of hydrogen-bond donors (Lipinski definition) is 0. The number of carbonyl (C=O) groups is 1. The molecule has 0 radical (unpaired) electrons. The Bertz CT molecular complexity index is 189. The van der Waals surface area contributed by atoms with Gasteiger partial charge >= 0.3 is 0 Å². The molecule has 74 valence electrons. The molecule has 0 aliphatic heterocycles. The second-order valence-corrected chi connectivity index (χ2v) is 5.06. The fourth-order valence-corrected chi connectivity index (χ4v) is 3.00. The maximum Gasteiger partial charge on any atom is 0.133 e. The summed E-state index contributed by atoms with van der Waals surface area (Å²) in [7, 11) is 0. The summed E-state index contributed by atoms with van der Waals surface area (Å²) in [6, 6.07) is 0. The minimum absolute atomic E-state index is 0.517. The Kier molecular flexibility index (Phi) is 2.71. The molecule has 0 aromatic heterocycles. The van der Waals surface area contributed by atoms with E-state index in [2.05, 4.69) is 6.92 Å². The molecular weight excluding hydrogens is 160 g/mol. The van der Waals surface area contributed by atoms with E-state index in [-0.39, 0.29) is 0 Å². The number of carbonyl (C=O) groups excluding carboxylic acids is 1. The summed E-state index contributed by atoms with van der Waals surface area (Å²) >= 11 is 0. The van der Waals surface area contributed by atoms with Gasteiger partial charge in [-0.2, -0.15) is 0 Å². The molecule has 2 fully saturated rings. The highest BCUT2D eigenvalue weighted by atomic mass is 16.1. The molecule has 2 aliphatic rings. The molecule has 1 nitrogen and oxygen atoms in total. The van der Waals surface area contributed by atoms with Crippen LogP contribution in [0.2, 0.25) is 0 Å². The second-order valence-electron chi connectivity index (χ2n) is 5.06. The van der Waals surface area contributed by atoms with Crippen LogP contribution in [0, 0.1) is 17.8 Å². The molecule has 13 heavy (non-hydrogen) atoms. The zero-order valence-electron chi connectivity index (χ0n) is 8.59. The Hall–Kier alpha value is -0.330. The highest BCUT2D eigenvalue weighted by Gasteiger charge is 2.31. The predicted octanol–water partition coefficient (Wildman–Crippen LogP) is 3.18. The van der Waals surface area contributed by atoms with Crippen LogP contribution in [-0.4, -0.2) is 5.78 Å². The van der Waals surface area contributed by atoms with E-state index in [1.54, 1.807) is 0 Å². The van der Waals surface area contributed by atoms with Crippen molar-refractivity contribution in [2.24, 2.45) is 17.8 Å².